The normalized spacial score (nSPS) is 22.6. The molecule has 2 unspecified atom stereocenters. The molecule has 2 rings (SSSR count). The van der Waals surface area contributed by atoms with Crippen LogP contribution < -0.4 is 5.73 Å². The Morgan fingerprint density at radius 3 is 2.94 bits per heavy atom. The van der Waals surface area contributed by atoms with Crippen molar-refractivity contribution >= 4 is 15.9 Å². The van der Waals surface area contributed by atoms with Crippen LogP contribution in [0.15, 0.2) is 4.47 Å². The Morgan fingerprint density at radius 2 is 2.44 bits per heavy atom. The van der Waals surface area contributed by atoms with E-state index in [0.29, 0.717) is 0 Å². The molecule has 0 bridgehead atoms. The molecule has 0 spiro atoms. The van der Waals surface area contributed by atoms with Gasteiger partial charge in [0.25, 0.3) is 0 Å². The Kier molecular flexibility index (Phi) is 3.66. The summed E-state index contributed by atoms with van der Waals surface area (Å²) in [6, 6.07) is 0.0635. The van der Waals surface area contributed by atoms with Gasteiger partial charge in [0.2, 0.25) is 0 Å². The van der Waals surface area contributed by atoms with E-state index in [1.54, 1.807) is 0 Å². The zero-order chi connectivity index (χ0) is 11.7. The van der Waals surface area contributed by atoms with Crippen molar-refractivity contribution in [2.75, 3.05) is 6.61 Å². The summed E-state index contributed by atoms with van der Waals surface area (Å²) in [6.45, 7) is 2.84. The fourth-order valence-corrected chi connectivity index (χ4v) is 2.69. The van der Waals surface area contributed by atoms with E-state index in [1.165, 1.54) is 0 Å². The first-order valence-electron chi connectivity index (χ1n) is 5.64. The van der Waals surface area contributed by atoms with Gasteiger partial charge < -0.3 is 10.5 Å². The number of hydrogen-bond acceptors (Lipinski definition) is 3. The zero-order valence-corrected chi connectivity index (χ0v) is 11.3. The summed E-state index contributed by atoms with van der Waals surface area (Å²) < 4.78 is 8.57. The maximum Gasteiger partial charge on any atom is 0.0738 e. The number of nitrogens with two attached hydrogens (primary N) is 1. The van der Waals surface area contributed by atoms with E-state index in [-0.39, 0.29) is 12.1 Å². The first kappa shape index (κ1) is 12.1. The predicted octanol–water partition coefficient (Wildman–Crippen LogP) is 1.54. The summed E-state index contributed by atoms with van der Waals surface area (Å²) in [4.78, 5) is 0. The molecule has 1 aliphatic heterocycles. The Morgan fingerprint density at radius 1 is 1.69 bits per heavy atom. The molecule has 16 heavy (non-hydrogen) atoms. The fourth-order valence-electron chi connectivity index (χ4n) is 2.20. The smallest absolute Gasteiger partial charge is 0.0738 e. The van der Waals surface area contributed by atoms with Gasteiger partial charge in [0.05, 0.1) is 22.0 Å². The molecule has 2 heterocycles. The second kappa shape index (κ2) is 4.85. The van der Waals surface area contributed by atoms with E-state index in [0.717, 1.165) is 41.7 Å². The van der Waals surface area contributed by atoms with E-state index in [9.17, 15) is 0 Å². The van der Waals surface area contributed by atoms with Crippen LogP contribution in [-0.2, 0) is 18.2 Å². The topological polar surface area (TPSA) is 53.1 Å². The van der Waals surface area contributed by atoms with Crippen LogP contribution in [0.4, 0.5) is 0 Å². The third-order valence-corrected chi connectivity index (χ3v) is 4.16. The third kappa shape index (κ3) is 2.31. The van der Waals surface area contributed by atoms with Crippen LogP contribution in [0.3, 0.4) is 0 Å². The SMILES string of the molecule is Cc1nn(C)c(CC(N)C2CCCO2)c1Br. The molecule has 2 atom stereocenters. The van der Waals surface area contributed by atoms with Crippen molar-refractivity contribution in [3.8, 4) is 0 Å². The van der Waals surface area contributed by atoms with E-state index >= 15 is 0 Å². The van der Waals surface area contributed by atoms with E-state index in [1.807, 2.05) is 18.7 Å². The van der Waals surface area contributed by atoms with Gasteiger partial charge in [-0.15, -0.1) is 0 Å². The predicted molar refractivity (Wildman–Crippen MR) is 66.3 cm³/mol. The number of hydrogen-bond donors (Lipinski definition) is 1. The minimum absolute atomic E-state index is 0.0635. The highest BCUT2D eigenvalue weighted by Crippen LogP contribution is 2.23. The van der Waals surface area contributed by atoms with Gasteiger partial charge in [-0.25, -0.2) is 0 Å². The highest BCUT2D eigenvalue weighted by molar-refractivity contribution is 9.10. The standard InChI is InChI=1S/C11H18BrN3O/c1-7-11(12)9(15(2)14-7)6-8(13)10-4-3-5-16-10/h8,10H,3-6,13H2,1-2H3. The molecular formula is C11H18BrN3O. The van der Waals surface area contributed by atoms with Gasteiger partial charge >= 0.3 is 0 Å². The van der Waals surface area contributed by atoms with Crippen LogP contribution in [0, 0.1) is 6.92 Å². The van der Waals surface area contributed by atoms with Crippen LogP contribution in [0.2, 0.25) is 0 Å². The minimum atomic E-state index is 0.0635. The van der Waals surface area contributed by atoms with Crippen LogP contribution in [-0.4, -0.2) is 28.5 Å². The lowest BCUT2D eigenvalue weighted by molar-refractivity contribution is 0.0894. The number of rotatable bonds is 3. The van der Waals surface area contributed by atoms with Crippen LogP contribution in [0.5, 0.6) is 0 Å². The number of aromatic nitrogens is 2. The summed E-state index contributed by atoms with van der Waals surface area (Å²) in [5.74, 6) is 0. The third-order valence-electron chi connectivity index (χ3n) is 3.13. The molecule has 2 N–H and O–H groups in total. The van der Waals surface area contributed by atoms with Crippen LogP contribution in [0.1, 0.15) is 24.2 Å². The Labute approximate surface area is 104 Å². The van der Waals surface area contributed by atoms with Crippen LogP contribution in [0.25, 0.3) is 0 Å². The molecule has 4 nitrogen and oxygen atoms in total. The fraction of sp³-hybridized carbons (Fsp3) is 0.727. The highest BCUT2D eigenvalue weighted by Gasteiger charge is 2.25. The summed E-state index contributed by atoms with van der Waals surface area (Å²) in [6.07, 6.45) is 3.23. The minimum Gasteiger partial charge on any atom is -0.377 e. The Hall–Kier alpha value is -0.390. The molecule has 0 saturated carbocycles. The average molecular weight is 288 g/mol. The number of aryl methyl sites for hydroxylation is 2. The van der Waals surface area contributed by atoms with Gasteiger partial charge in [0, 0.05) is 26.1 Å². The summed E-state index contributed by atoms with van der Waals surface area (Å²) in [5.41, 5.74) is 8.34. The number of ether oxygens (including phenoxy) is 1. The van der Waals surface area contributed by atoms with Crippen molar-refractivity contribution in [2.45, 2.75) is 38.3 Å². The molecule has 0 radical (unpaired) electrons. The summed E-state index contributed by atoms with van der Waals surface area (Å²) >= 11 is 3.56. The quantitative estimate of drug-likeness (QED) is 0.918. The lowest BCUT2D eigenvalue weighted by Crippen LogP contribution is -2.36. The van der Waals surface area contributed by atoms with Crippen molar-refractivity contribution in [1.29, 1.82) is 0 Å². The van der Waals surface area contributed by atoms with Gasteiger partial charge in [-0.2, -0.15) is 5.10 Å². The molecule has 90 valence electrons. The molecule has 1 aromatic rings. The van der Waals surface area contributed by atoms with Crippen molar-refractivity contribution in [3.63, 3.8) is 0 Å². The lowest BCUT2D eigenvalue weighted by Gasteiger charge is -2.18. The number of nitrogens with zero attached hydrogens (tertiary/aromatic N) is 2. The van der Waals surface area contributed by atoms with Crippen molar-refractivity contribution in [1.82, 2.24) is 9.78 Å². The van der Waals surface area contributed by atoms with E-state index in [2.05, 4.69) is 21.0 Å². The van der Waals surface area contributed by atoms with Gasteiger partial charge in [-0.3, -0.25) is 4.68 Å². The monoisotopic (exact) mass is 287 g/mol. The first-order chi connectivity index (χ1) is 7.59. The maximum atomic E-state index is 6.17. The Balaban J connectivity index is 2.07. The van der Waals surface area contributed by atoms with Crippen molar-refractivity contribution in [2.24, 2.45) is 12.8 Å². The molecule has 0 aromatic carbocycles. The van der Waals surface area contributed by atoms with Gasteiger partial charge in [-0.1, -0.05) is 0 Å². The molecule has 5 heteroatoms. The zero-order valence-electron chi connectivity index (χ0n) is 9.74. The molecule has 1 saturated heterocycles. The van der Waals surface area contributed by atoms with Gasteiger partial charge in [0.15, 0.2) is 0 Å². The average Bonchev–Trinajstić information content (AvgIpc) is 2.83. The molecule has 1 fully saturated rings. The molecular weight excluding hydrogens is 270 g/mol. The number of halogens is 1. The van der Waals surface area contributed by atoms with Gasteiger partial charge in [-0.05, 0) is 35.7 Å². The molecule has 0 aliphatic carbocycles. The second-order valence-electron chi connectivity index (χ2n) is 4.39. The highest BCUT2D eigenvalue weighted by atomic mass is 79.9. The first-order valence-corrected chi connectivity index (χ1v) is 6.44. The maximum absolute atomic E-state index is 6.17. The summed E-state index contributed by atoms with van der Waals surface area (Å²) in [7, 11) is 1.95. The van der Waals surface area contributed by atoms with Gasteiger partial charge in [0.1, 0.15) is 0 Å². The second-order valence-corrected chi connectivity index (χ2v) is 5.18. The summed E-state index contributed by atoms with van der Waals surface area (Å²) in [5, 5.41) is 4.36. The van der Waals surface area contributed by atoms with Crippen molar-refractivity contribution in [3.05, 3.63) is 15.9 Å². The van der Waals surface area contributed by atoms with E-state index in [4.69, 9.17) is 10.5 Å². The molecule has 1 aromatic heterocycles. The van der Waals surface area contributed by atoms with E-state index < -0.39 is 0 Å². The van der Waals surface area contributed by atoms with Crippen molar-refractivity contribution < 1.29 is 4.74 Å². The Bertz CT molecular complexity index is 372. The van der Waals surface area contributed by atoms with Crippen LogP contribution >= 0.6 is 15.9 Å². The lowest BCUT2D eigenvalue weighted by atomic mass is 10.0. The molecule has 0 amide bonds. The molecule has 1 aliphatic rings. The largest absolute Gasteiger partial charge is 0.377 e.